The number of carbonyl (C=O) groups is 1. The summed E-state index contributed by atoms with van der Waals surface area (Å²) < 4.78 is 6.76. The van der Waals surface area contributed by atoms with Gasteiger partial charge in [-0.1, -0.05) is 5.16 Å². The van der Waals surface area contributed by atoms with E-state index in [4.69, 9.17) is 9.63 Å². The lowest BCUT2D eigenvalue weighted by molar-refractivity contribution is -0.137. The quantitative estimate of drug-likeness (QED) is 0.878. The SMILES string of the molecule is Cc1ccc(-c2noc(CCCC(=O)O)n2)c(=O)n1C(C)C. The second-order valence-electron chi connectivity index (χ2n) is 5.42. The Balaban J connectivity index is 2.26. The highest BCUT2D eigenvalue weighted by atomic mass is 16.5. The van der Waals surface area contributed by atoms with Crippen LogP contribution in [0.4, 0.5) is 0 Å². The number of hydrogen-bond acceptors (Lipinski definition) is 5. The van der Waals surface area contributed by atoms with Crippen LogP contribution in [0.3, 0.4) is 0 Å². The molecule has 0 aromatic carbocycles. The van der Waals surface area contributed by atoms with Gasteiger partial charge in [0.15, 0.2) is 0 Å². The van der Waals surface area contributed by atoms with Gasteiger partial charge in [0, 0.05) is 24.6 Å². The van der Waals surface area contributed by atoms with E-state index >= 15 is 0 Å². The van der Waals surface area contributed by atoms with Crippen LogP contribution in [-0.4, -0.2) is 25.8 Å². The summed E-state index contributed by atoms with van der Waals surface area (Å²) in [7, 11) is 0. The highest BCUT2D eigenvalue weighted by Crippen LogP contribution is 2.15. The van der Waals surface area contributed by atoms with Gasteiger partial charge < -0.3 is 14.2 Å². The summed E-state index contributed by atoms with van der Waals surface area (Å²) in [5.74, 6) is -0.282. The highest BCUT2D eigenvalue weighted by molar-refractivity contribution is 5.66. The van der Waals surface area contributed by atoms with Crippen LogP contribution in [-0.2, 0) is 11.2 Å². The number of aryl methyl sites for hydroxylation is 2. The molecule has 0 fully saturated rings. The summed E-state index contributed by atoms with van der Waals surface area (Å²) in [4.78, 5) is 27.2. The molecular formula is C15H19N3O4. The molecular weight excluding hydrogens is 286 g/mol. The molecule has 7 nitrogen and oxygen atoms in total. The zero-order valence-electron chi connectivity index (χ0n) is 12.9. The van der Waals surface area contributed by atoms with E-state index in [1.165, 1.54) is 0 Å². The molecule has 22 heavy (non-hydrogen) atoms. The standard InChI is InChI=1S/C15H19N3O4/c1-9(2)18-10(3)7-8-11(15(18)21)14-16-12(22-17-14)5-4-6-13(19)20/h7-9H,4-6H2,1-3H3,(H,19,20). The van der Waals surface area contributed by atoms with Gasteiger partial charge in [-0.2, -0.15) is 4.98 Å². The summed E-state index contributed by atoms with van der Waals surface area (Å²) >= 11 is 0. The lowest BCUT2D eigenvalue weighted by atomic mass is 10.2. The molecule has 0 aliphatic rings. The largest absolute Gasteiger partial charge is 0.481 e. The minimum atomic E-state index is -0.863. The van der Waals surface area contributed by atoms with Crippen LogP contribution in [0.25, 0.3) is 11.4 Å². The average Bonchev–Trinajstić information content (AvgIpc) is 2.86. The molecule has 2 aromatic heterocycles. The Morgan fingerprint density at radius 1 is 1.41 bits per heavy atom. The number of aromatic nitrogens is 3. The van der Waals surface area contributed by atoms with Gasteiger partial charge in [-0.15, -0.1) is 0 Å². The van der Waals surface area contributed by atoms with Crippen molar-refractivity contribution in [3.63, 3.8) is 0 Å². The van der Waals surface area contributed by atoms with E-state index in [1.54, 1.807) is 10.6 Å². The first-order valence-corrected chi connectivity index (χ1v) is 7.17. The number of nitrogens with zero attached hydrogens (tertiary/aromatic N) is 3. The normalized spacial score (nSPS) is 11.1. The average molecular weight is 305 g/mol. The number of rotatable bonds is 6. The number of hydrogen-bond donors (Lipinski definition) is 1. The molecule has 0 saturated carbocycles. The highest BCUT2D eigenvalue weighted by Gasteiger charge is 2.16. The van der Waals surface area contributed by atoms with Gasteiger partial charge in [0.2, 0.25) is 11.7 Å². The molecule has 0 aliphatic carbocycles. The zero-order chi connectivity index (χ0) is 16.3. The fourth-order valence-electron chi connectivity index (χ4n) is 2.31. The van der Waals surface area contributed by atoms with Crippen LogP contribution < -0.4 is 5.56 Å². The molecule has 2 rings (SSSR count). The Hall–Kier alpha value is -2.44. The zero-order valence-corrected chi connectivity index (χ0v) is 12.9. The molecule has 0 aliphatic heterocycles. The van der Waals surface area contributed by atoms with E-state index in [0.717, 1.165) is 5.69 Å². The van der Waals surface area contributed by atoms with Gasteiger partial charge in [0.25, 0.3) is 5.56 Å². The predicted molar refractivity (Wildman–Crippen MR) is 79.7 cm³/mol. The molecule has 0 bridgehead atoms. The molecule has 0 amide bonds. The van der Waals surface area contributed by atoms with Gasteiger partial charge in [-0.3, -0.25) is 9.59 Å². The van der Waals surface area contributed by atoms with E-state index in [1.807, 2.05) is 26.8 Å². The number of aliphatic carboxylic acids is 1. The lowest BCUT2D eigenvalue weighted by Gasteiger charge is -2.14. The molecule has 1 N–H and O–H groups in total. The van der Waals surface area contributed by atoms with Crippen molar-refractivity contribution in [1.82, 2.24) is 14.7 Å². The maximum absolute atomic E-state index is 12.5. The van der Waals surface area contributed by atoms with Crippen molar-refractivity contribution in [1.29, 1.82) is 0 Å². The molecule has 2 aromatic rings. The van der Waals surface area contributed by atoms with Crippen molar-refractivity contribution in [3.8, 4) is 11.4 Å². The summed E-state index contributed by atoms with van der Waals surface area (Å²) in [5, 5.41) is 12.4. The summed E-state index contributed by atoms with van der Waals surface area (Å²) in [6, 6.07) is 3.56. The van der Waals surface area contributed by atoms with Crippen LogP contribution >= 0.6 is 0 Å². The smallest absolute Gasteiger partial charge is 0.303 e. The molecule has 0 radical (unpaired) electrons. The Kier molecular flexibility index (Phi) is 4.75. The second-order valence-corrected chi connectivity index (χ2v) is 5.42. The summed E-state index contributed by atoms with van der Waals surface area (Å²) in [6.07, 6.45) is 0.840. The van der Waals surface area contributed by atoms with Crippen molar-refractivity contribution < 1.29 is 14.4 Å². The summed E-state index contributed by atoms with van der Waals surface area (Å²) in [6.45, 7) is 5.75. The van der Waals surface area contributed by atoms with Crippen LogP contribution in [0, 0.1) is 6.92 Å². The third-order valence-corrected chi connectivity index (χ3v) is 3.33. The lowest BCUT2D eigenvalue weighted by Crippen LogP contribution is -2.25. The first-order chi connectivity index (χ1) is 10.4. The van der Waals surface area contributed by atoms with E-state index in [2.05, 4.69) is 10.1 Å². The second kappa shape index (κ2) is 6.55. The third kappa shape index (κ3) is 3.41. The van der Waals surface area contributed by atoms with Gasteiger partial charge >= 0.3 is 5.97 Å². The Bertz CT molecular complexity index is 731. The Morgan fingerprint density at radius 2 is 2.14 bits per heavy atom. The van der Waals surface area contributed by atoms with Crippen LogP contribution in [0.1, 0.15) is 44.3 Å². The van der Waals surface area contributed by atoms with E-state index in [-0.39, 0.29) is 23.8 Å². The maximum Gasteiger partial charge on any atom is 0.303 e. The Labute approximate surface area is 127 Å². The monoisotopic (exact) mass is 305 g/mol. The molecule has 0 unspecified atom stereocenters. The number of carboxylic acids is 1. The van der Waals surface area contributed by atoms with Gasteiger partial charge in [-0.25, -0.2) is 0 Å². The molecule has 7 heteroatoms. The van der Waals surface area contributed by atoms with Crippen LogP contribution in [0.5, 0.6) is 0 Å². The molecule has 2 heterocycles. The topological polar surface area (TPSA) is 98.2 Å². The van der Waals surface area contributed by atoms with Crippen molar-refractivity contribution in [2.45, 2.75) is 46.1 Å². The molecule has 0 saturated heterocycles. The fraction of sp³-hybridized carbons (Fsp3) is 0.467. The first kappa shape index (κ1) is 15.9. The van der Waals surface area contributed by atoms with E-state index in [0.29, 0.717) is 24.3 Å². The number of carboxylic acid groups (broad SMARTS) is 1. The van der Waals surface area contributed by atoms with Gasteiger partial charge in [0.1, 0.15) is 0 Å². The van der Waals surface area contributed by atoms with Crippen LogP contribution in [0.15, 0.2) is 21.5 Å². The first-order valence-electron chi connectivity index (χ1n) is 7.17. The molecule has 0 spiro atoms. The van der Waals surface area contributed by atoms with Crippen molar-refractivity contribution in [2.75, 3.05) is 0 Å². The van der Waals surface area contributed by atoms with Crippen molar-refractivity contribution >= 4 is 5.97 Å². The summed E-state index contributed by atoms with van der Waals surface area (Å²) in [5.41, 5.74) is 1.09. The third-order valence-electron chi connectivity index (χ3n) is 3.33. The number of pyridine rings is 1. The van der Waals surface area contributed by atoms with Crippen molar-refractivity contribution in [3.05, 3.63) is 34.1 Å². The minimum Gasteiger partial charge on any atom is -0.481 e. The minimum absolute atomic E-state index is 0.0365. The van der Waals surface area contributed by atoms with Crippen LogP contribution in [0.2, 0.25) is 0 Å². The predicted octanol–water partition coefficient (Wildman–Crippen LogP) is 2.19. The van der Waals surface area contributed by atoms with Gasteiger partial charge in [-0.05, 0) is 39.3 Å². The van der Waals surface area contributed by atoms with E-state index in [9.17, 15) is 9.59 Å². The van der Waals surface area contributed by atoms with Crippen molar-refractivity contribution in [2.24, 2.45) is 0 Å². The molecule has 118 valence electrons. The van der Waals surface area contributed by atoms with E-state index < -0.39 is 5.97 Å². The maximum atomic E-state index is 12.5. The molecule has 0 atom stereocenters. The fourth-order valence-corrected chi connectivity index (χ4v) is 2.31. The Morgan fingerprint density at radius 3 is 2.77 bits per heavy atom. The van der Waals surface area contributed by atoms with Gasteiger partial charge in [0.05, 0.1) is 5.56 Å².